The third kappa shape index (κ3) is 2.99. The monoisotopic (exact) mass is 295 g/mol. The van der Waals surface area contributed by atoms with Gasteiger partial charge in [-0.3, -0.25) is 0 Å². The number of anilines is 2. The molecule has 0 aliphatic carbocycles. The number of benzene rings is 1. The zero-order valence-electron chi connectivity index (χ0n) is 11.5. The Morgan fingerprint density at radius 1 is 1.35 bits per heavy atom. The number of ether oxygens (including phenoxy) is 1. The first-order chi connectivity index (χ1) is 9.55. The first-order valence-electron chi connectivity index (χ1n) is 6.18. The van der Waals surface area contributed by atoms with Crippen LogP contribution in [0.1, 0.15) is 18.3 Å². The van der Waals surface area contributed by atoms with Gasteiger partial charge < -0.3 is 10.1 Å². The van der Waals surface area contributed by atoms with Gasteiger partial charge in [0.05, 0.1) is 7.11 Å². The van der Waals surface area contributed by atoms with Crippen molar-refractivity contribution in [1.29, 1.82) is 0 Å². The molecule has 20 heavy (non-hydrogen) atoms. The summed E-state index contributed by atoms with van der Waals surface area (Å²) in [6.45, 7) is 3.77. The van der Waals surface area contributed by atoms with Crippen molar-refractivity contribution >= 4 is 23.1 Å². The second-order valence-electron chi connectivity index (χ2n) is 4.23. The summed E-state index contributed by atoms with van der Waals surface area (Å²) in [5.41, 5.74) is 1.41. The summed E-state index contributed by atoms with van der Waals surface area (Å²) < 4.78 is 18.3. The largest absolute Gasteiger partial charge is 0.494 e. The fourth-order valence-corrected chi connectivity index (χ4v) is 1.87. The van der Waals surface area contributed by atoms with Crippen LogP contribution in [0.25, 0.3) is 0 Å². The Bertz CT molecular complexity index is 634. The third-order valence-electron chi connectivity index (χ3n) is 2.86. The minimum absolute atomic E-state index is 0.170. The molecule has 0 spiro atoms. The number of aromatic nitrogens is 2. The van der Waals surface area contributed by atoms with Gasteiger partial charge in [0.1, 0.15) is 16.8 Å². The van der Waals surface area contributed by atoms with Crippen LogP contribution >= 0.6 is 11.6 Å². The van der Waals surface area contributed by atoms with Crippen molar-refractivity contribution in [1.82, 2.24) is 9.97 Å². The zero-order chi connectivity index (χ0) is 14.7. The fourth-order valence-electron chi connectivity index (χ4n) is 1.69. The number of hydrogen-bond donors (Lipinski definition) is 1. The molecule has 0 atom stereocenters. The summed E-state index contributed by atoms with van der Waals surface area (Å²) >= 11 is 6.07. The van der Waals surface area contributed by atoms with Gasteiger partial charge in [-0.05, 0) is 19.1 Å². The standard InChI is InChI=1S/C14H15ClFN3O/c1-4-12-18-13(15)8(2)14(19-12)17-9-5-6-10(16)11(7-9)20-3/h5-7H,4H2,1-3H3,(H,17,18,19). The summed E-state index contributed by atoms with van der Waals surface area (Å²) in [5, 5.41) is 3.52. The number of aryl methyl sites for hydroxylation is 1. The fraction of sp³-hybridized carbons (Fsp3) is 0.286. The molecule has 6 heteroatoms. The van der Waals surface area contributed by atoms with Crippen molar-refractivity contribution in [2.75, 3.05) is 12.4 Å². The summed E-state index contributed by atoms with van der Waals surface area (Å²) in [7, 11) is 1.42. The van der Waals surface area contributed by atoms with E-state index in [-0.39, 0.29) is 5.75 Å². The van der Waals surface area contributed by atoms with Crippen LogP contribution in [-0.4, -0.2) is 17.1 Å². The van der Waals surface area contributed by atoms with Crippen molar-refractivity contribution in [2.24, 2.45) is 0 Å². The van der Waals surface area contributed by atoms with Crippen molar-refractivity contribution in [3.63, 3.8) is 0 Å². The highest BCUT2D eigenvalue weighted by atomic mass is 35.5. The Hall–Kier alpha value is -1.88. The van der Waals surface area contributed by atoms with E-state index in [0.717, 1.165) is 5.56 Å². The van der Waals surface area contributed by atoms with Crippen LogP contribution in [0.15, 0.2) is 18.2 Å². The predicted molar refractivity (Wildman–Crippen MR) is 77.4 cm³/mol. The van der Waals surface area contributed by atoms with Gasteiger partial charge in [-0.25, -0.2) is 14.4 Å². The summed E-state index contributed by atoms with van der Waals surface area (Å²) in [5.74, 6) is 1.01. The molecule has 0 aliphatic rings. The predicted octanol–water partition coefficient (Wildman–Crippen LogP) is 3.89. The Balaban J connectivity index is 2.36. The van der Waals surface area contributed by atoms with Crippen LogP contribution in [0.3, 0.4) is 0 Å². The molecule has 0 fully saturated rings. The minimum atomic E-state index is -0.412. The highest BCUT2D eigenvalue weighted by Crippen LogP contribution is 2.27. The van der Waals surface area contributed by atoms with E-state index in [9.17, 15) is 4.39 Å². The van der Waals surface area contributed by atoms with Crippen molar-refractivity contribution < 1.29 is 9.13 Å². The van der Waals surface area contributed by atoms with Crippen molar-refractivity contribution in [3.05, 3.63) is 40.6 Å². The van der Waals surface area contributed by atoms with E-state index in [2.05, 4.69) is 15.3 Å². The number of nitrogens with zero attached hydrogens (tertiary/aromatic N) is 2. The Labute approximate surface area is 122 Å². The molecule has 1 heterocycles. The lowest BCUT2D eigenvalue weighted by Gasteiger charge is -2.12. The molecular formula is C14H15ClFN3O. The molecule has 0 amide bonds. The molecule has 0 aliphatic heterocycles. The number of halogens is 2. The van der Waals surface area contributed by atoms with E-state index < -0.39 is 5.82 Å². The highest BCUT2D eigenvalue weighted by molar-refractivity contribution is 6.30. The molecule has 0 unspecified atom stereocenters. The molecule has 106 valence electrons. The van der Waals surface area contributed by atoms with E-state index in [1.807, 2.05) is 13.8 Å². The number of nitrogens with one attached hydrogen (secondary N) is 1. The molecule has 4 nitrogen and oxygen atoms in total. The average Bonchev–Trinajstić information content (AvgIpc) is 2.45. The molecule has 1 N–H and O–H groups in total. The van der Waals surface area contributed by atoms with E-state index in [1.54, 1.807) is 12.1 Å². The van der Waals surface area contributed by atoms with Crippen LogP contribution in [0, 0.1) is 12.7 Å². The molecule has 0 saturated heterocycles. The molecule has 2 rings (SSSR count). The van der Waals surface area contributed by atoms with Gasteiger partial charge in [0.25, 0.3) is 0 Å². The summed E-state index contributed by atoms with van der Waals surface area (Å²) in [6.07, 6.45) is 0.682. The molecule has 0 radical (unpaired) electrons. The topological polar surface area (TPSA) is 47.0 Å². The third-order valence-corrected chi connectivity index (χ3v) is 3.23. The quantitative estimate of drug-likeness (QED) is 0.869. The van der Waals surface area contributed by atoms with Crippen molar-refractivity contribution in [3.8, 4) is 5.75 Å². The smallest absolute Gasteiger partial charge is 0.165 e. The molecular weight excluding hydrogens is 281 g/mol. The summed E-state index contributed by atoms with van der Waals surface area (Å²) in [6, 6.07) is 4.51. The maximum atomic E-state index is 13.4. The maximum absolute atomic E-state index is 13.4. The highest BCUT2D eigenvalue weighted by Gasteiger charge is 2.10. The number of hydrogen-bond acceptors (Lipinski definition) is 4. The van der Waals surface area contributed by atoms with Gasteiger partial charge in [-0.2, -0.15) is 0 Å². The van der Waals surface area contributed by atoms with Gasteiger partial charge in [0.2, 0.25) is 0 Å². The van der Waals surface area contributed by atoms with Crippen LogP contribution in [0.5, 0.6) is 5.75 Å². The van der Waals surface area contributed by atoms with E-state index >= 15 is 0 Å². The first kappa shape index (κ1) is 14.5. The van der Waals surface area contributed by atoms with Crippen LogP contribution in [0.2, 0.25) is 5.15 Å². The van der Waals surface area contributed by atoms with Gasteiger partial charge in [0, 0.05) is 23.7 Å². The lowest BCUT2D eigenvalue weighted by Crippen LogP contribution is -2.03. The summed E-state index contributed by atoms with van der Waals surface area (Å²) in [4.78, 5) is 8.55. The Kier molecular flexibility index (Phi) is 4.39. The minimum Gasteiger partial charge on any atom is -0.494 e. The van der Waals surface area contributed by atoms with E-state index in [1.165, 1.54) is 13.2 Å². The second kappa shape index (κ2) is 6.05. The van der Waals surface area contributed by atoms with Crippen molar-refractivity contribution in [2.45, 2.75) is 20.3 Å². The zero-order valence-corrected chi connectivity index (χ0v) is 12.3. The maximum Gasteiger partial charge on any atom is 0.165 e. The normalized spacial score (nSPS) is 10.4. The second-order valence-corrected chi connectivity index (χ2v) is 4.59. The molecule has 2 aromatic rings. The SMILES string of the molecule is CCc1nc(Cl)c(C)c(Nc2ccc(F)c(OC)c2)n1. The van der Waals surface area contributed by atoms with Gasteiger partial charge >= 0.3 is 0 Å². The Morgan fingerprint density at radius 3 is 2.75 bits per heavy atom. The number of methoxy groups -OCH3 is 1. The molecule has 1 aromatic heterocycles. The van der Waals surface area contributed by atoms with E-state index in [4.69, 9.17) is 16.3 Å². The van der Waals surface area contributed by atoms with Gasteiger partial charge in [-0.15, -0.1) is 0 Å². The lowest BCUT2D eigenvalue weighted by molar-refractivity contribution is 0.387. The number of rotatable bonds is 4. The van der Waals surface area contributed by atoms with Crippen LogP contribution in [-0.2, 0) is 6.42 Å². The molecule has 1 aromatic carbocycles. The van der Waals surface area contributed by atoms with Crippen LogP contribution in [0.4, 0.5) is 15.9 Å². The van der Waals surface area contributed by atoms with Gasteiger partial charge in [-0.1, -0.05) is 18.5 Å². The molecule has 0 saturated carbocycles. The lowest BCUT2D eigenvalue weighted by atomic mass is 10.2. The van der Waals surface area contributed by atoms with E-state index in [0.29, 0.717) is 28.9 Å². The Morgan fingerprint density at radius 2 is 2.10 bits per heavy atom. The first-order valence-corrected chi connectivity index (χ1v) is 6.56. The molecule has 0 bridgehead atoms. The van der Waals surface area contributed by atoms with Crippen LogP contribution < -0.4 is 10.1 Å². The average molecular weight is 296 g/mol. The van der Waals surface area contributed by atoms with Gasteiger partial charge in [0.15, 0.2) is 11.6 Å².